The van der Waals surface area contributed by atoms with Gasteiger partial charge in [-0.05, 0) is 25.8 Å². The first-order valence-corrected chi connectivity index (χ1v) is 6.39. The molecule has 0 bridgehead atoms. The minimum atomic E-state index is -0.600. The van der Waals surface area contributed by atoms with E-state index in [1.807, 2.05) is 11.8 Å². The van der Waals surface area contributed by atoms with Crippen LogP contribution in [0.5, 0.6) is 0 Å². The highest BCUT2D eigenvalue weighted by molar-refractivity contribution is 5.84. The molecule has 1 aliphatic carbocycles. The first kappa shape index (κ1) is 11.9. The van der Waals surface area contributed by atoms with Crippen LogP contribution in [0.15, 0.2) is 0 Å². The molecular formula is C12H22N2O2. The van der Waals surface area contributed by atoms with Gasteiger partial charge in [-0.15, -0.1) is 0 Å². The van der Waals surface area contributed by atoms with Crippen molar-refractivity contribution >= 4 is 5.91 Å². The Morgan fingerprint density at radius 2 is 2.19 bits per heavy atom. The molecule has 1 saturated heterocycles. The van der Waals surface area contributed by atoms with Crippen LogP contribution < -0.4 is 5.32 Å². The summed E-state index contributed by atoms with van der Waals surface area (Å²) in [6, 6.07) is -0.0185. The summed E-state index contributed by atoms with van der Waals surface area (Å²) in [6.45, 7) is 4.17. The minimum absolute atomic E-state index is 0.0185. The third-order valence-electron chi connectivity index (χ3n) is 3.77. The lowest BCUT2D eigenvalue weighted by Crippen LogP contribution is -2.45. The molecule has 0 spiro atoms. The van der Waals surface area contributed by atoms with E-state index < -0.39 is 5.60 Å². The van der Waals surface area contributed by atoms with Gasteiger partial charge in [0.25, 0.3) is 0 Å². The van der Waals surface area contributed by atoms with Gasteiger partial charge in [-0.25, -0.2) is 0 Å². The van der Waals surface area contributed by atoms with E-state index in [4.69, 9.17) is 0 Å². The summed E-state index contributed by atoms with van der Waals surface area (Å²) in [4.78, 5) is 13.8. The van der Waals surface area contributed by atoms with Gasteiger partial charge in [0, 0.05) is 13.1 Å². The molecule has 0 aromatic rings. The number of carbonyl (C=O) groups excluding carboxylic acids is 1. The number of carbonyl (C=O) groups is 1. The molecule has 0 aromatic carbocycles. The lowest BCUT2D eigenvalue weighted by molar-refractivity contribution is -0.132. The van der Waals surface area contributed by atoms with Crippen molar-refractivity contribution in [3.05, 3.63) is 0 Å². The minimum Gasteiger partial charge on any atom is -0.388 e. The van der Waals surface area contributed by atoms with Crippen LogP contribution in [0.3, 0.4) is 0 Å². The molecule has 1 heterocycles. The number of likely N-dealkylation sites (tertiary alicyclic amines) is 1. The largest absolute Gasteiger partial charge is 0.388 e. The quantitative estimate of drug-likeness (QED) is 0.734. The van der Waals surface area contributed by atoms with Gasteiger partial charge in [0.1, 0.15) is 0 Å². The molecule has 92 valence electrons. The smallest absolute Gasteiger partial charge is 0.239 e. The van der Waals surface area contributed by atoms with Gasteiger partial charge < -0.3 is 15.3 Å². The van der Waals surface area contributed by atoms with Gasteiger partial charge in [-0.3, -0.25) is 4.79 Å². The van der Waals surface area contributed by atoms with E-state index in [0.29, 0.717) is 6.54 Å². The summed E-state index contributed by atoms with van der Waals surface area (Å²) in [7, 11) is 0. The van der Waals surface area contributed by atoms with Gasteiger partial charge in [-0.2, -0.15) is 0 Å². The molecule has 1 aliphatic heterocycles. The zero-order valence-corrected chi connectivity index (χ0v) is 10.0. The number of β-amino-alcohol motifs (C(OH)–C–C–N with tert-alkyl or cyclic N) is 1. The van der Waals surface area contributed by atoms with Gasteiger partial charge in [-0.1, -0.05) is 19.8 Å². The highest BCUT2D eigenvalue weighted by Crippen LogP contribution is 2.31. The van der Waals surface area contributed by atoms with E-state index >= 15 is 0 Å². The molecule has 2 fully saturated rings. The van der Waals surface area contributed by atoms with Crippen molar-refractivity contribution in [1.82, 2.24) is 10.2 Å². The van der Waals surface area contributed by atoms with Gasteiger partial charge in [0.05, 0.1) is 11.6 Å². The first-order valence-electron chi connectivity index (χ1n) is 6.39. The van der Waals surface area contributed by atoms with E-state index in [0.717, 1.165) is 45.2 Å². The molecule has 0 aromatic heterocycles. The Morgan fingerprint density at radius 1 is 1.50 bits per heavy atom. The molecule has 1 atom stereocenters. The Hall–Kier alpha value is -0.610. The summed E-state index contributed by atoms with van der Waals surface area (Å²) in [5.74, 6) is 0.169. The summed E-state index contributed by atoms with van der Waals surface area (Å²) in [6.07, 6.45) is 4.76. The Kier molecular flexibility index (Phi) is 3.50. The zero-order chi connectivity index (χ0) is 11.6. The number of hydrogen-bond acceptors (Lipinski definition) is 3. The Labute approximate surface area is 97.0 Å². The standard InChI is InChI=1S/C12H22N2O2/c1-2-13-10-5-8-14(11(10)15)9-12(16)6-3-4-7-12/h10,13,16H,2-9H2,1H3. The van der Waals surface area contributed by atoms with E-state index in [1.165, 1.54) is 0 Å². The van der Waals surface area contributed by atoms with Crippen molar-refractivity contribution in [1.29, 1.82) is 0 Å². The monoisotopic (exact) mass is 226 g/mol. The van der Waals surface area contributed by atoms with Crippen molar-refractivity contribution in [2.24, 2.45) is 0 Å². The summed E-state index contributed by atoms with van der Waals surface area (Å²) in [5, 5.41) is 13.5. The molecule has 1 saturated carbocycles. The second kappa shape index (κ2) is 4.72. The van der Waals surface area contributed by atoms with Crippen LogP contribution in [0.4, 0.5) is 0 Å². The average Bonchev–Trinajstić information content (AvgIpc) is 2.80. The third-order valence-corrected chi connectivity index (χ3v) is 3.77. The number of hydrogen-bond donors (Lipinski definition) is 2. The highest BCUT2D eigenvalue weighted by atomic mass is 16.3. The molecule has 2 aliphatic rings. The lowest BCUT2D eigenvalue weighted by Gasteiger charge is -2.28. The van der Waals surface area contributed by atoms with Crippen LogP contribution in [-0.2, 0) is 4.79 Å². The molecule has 1 amide bonds. The van der Waals surface area contributed by atoms with Crippen molar-refractivity contribution in [3.8, 4) is 0 Å². The molecule has 2 N–H and O–H groups in total. The van der Waals surface area contributed by atoms with E-state index in [2.05, 4.69) is 5.32 Å². The molecule has 2 rings (SSSR count). The van der Waals surface area contributed by atoms with Crippen molar-refractivity contribution in [2.75, 3.05) is 19.6 Å². The predicted octanol–water partition coefficient (Wildman–Crippen LogP) is 0.502. The fourth-order valence-corrected chi connectivity index (χ4v) is 2.88. The SMILES string of the molecule is CCNC1CCN(CC2(O)CCCC2)C1=O. The van der Waals surface area contributed by atoms with Crippen LogP contribution in [-0.4, -0.2) is 47.2 Å². The average molecular weight is 226 g/mol. The highest BCUT2D eigenvalue weighted by Gasteiger charge is 2.38. The number of amides is 1. The normalized spacial score (nSPS) is 29.0. The third kappa shape index (κ3) is 2.38. The maximum atomic E-state index is 12.0. The van der Waals surface area contributed by atoms with E-state index in [9.17, 15) is 9.90 Å². The van der Waals surface area contributed by atoms with Crippen LogP contribution in [0.25, 0.3) is 0 Å². The van der Waals surface area contributed by atoms with E-state index in [1.54, 1.807) is 0 Å². The fourth-order valence-electron chi connectivity index (χ4n) is 2.88. The van der Waals surface area contributed by atoms with E-state index in [-0.39, 0.29) is 11.9 Å². The molecule has 0 radical (unpaired) electrons. The molecule has 1 unspecified atom stereocenters. The maximum Gasteiger partial charge on any atom is 0.239 e. The first-order chi connectivity index (χ1) is 7.64. The zero-order valence-electron chi connectivity index (χ0n) is 10.0. The van der Waals surface area contributed by atoms with Gasteiger partial charge >= 0.3 is 0 Å². The second-order valence-electron chi connectivity index (χ2n) is 5.09. The molecule has 4 nitrogen and oxygen atoms in total. The van der Waals surface area contributed by atoms with Crippen LogP contribution in [0, 0.1) is 0 Å². The Bertz CT molecular complexity index is 262. The number of nitrogens with one attached hydrogen (secondary N) is 1. The number of rotatable bonds is 4. The summed E-state index contributed by atoms with van der Waals surface area (Å²) in [5.41, 5.74) is -0.600. The molecule has 16 heavy (non-hydrogen) atoms. The number of nitrogens with zero attached hydrogens (tertiary/aromatic N) is 1. The molecule has 4 heteroatoms. The van der Waals surface area contributed by atoms with Gasteiger partial charge in [0.2, 0.25) is 5.91 Å². The van der Waals surface area contributed by atoms with Crippen molar-refractivity contribution in [2.45, 2.75) is 50.7 Å². The summed E-state index contributed by atoms with van der Waals surface area (Å²) >= 11 is 0. The van der Waals surface area contributed by atoms with Crippen LogP contribution >= 0.6 is 0 Å². The fraction of sp³-hybridized carbons (Fsp3) is 0.917. The van der Waals surface area contributed by atoms with Crippen molar-refractivity contribution in [3.63, 3.8) is 0 Å². The molecular weight excluding hydrogens is 204 g/mol. The maximum absolute atomic E-state index is 12.0. The van der Waals surface area contributed by atoms with Crippen molar-refractivity contribution < 1.29 is 9.90 Å². The Balaban J connectivity index is 1.89. The van der Waals surface area contributed by atoms with Crippen LogP contribution in [0.2, 0.25) is 0 Å². The van der Waals surface area contributed by atoms with Crippen LogP contribution in [0.1, 0.15) is 39.0 Å². The number of likely N-dealkylation sites (N-methyl/N-ethyl adjacent to an activating group) is 1. The topological polar surface area (TPSA) is 52.6 Å². The second-order valence-corrected chi connectivity index (χ2v) is 5.09. The number of aliphatic hydroxyl groups is 1. The van der Waals surface area contributed by atoms with Gasteiger partial charge in [0.15, 0.2) is 0 Å². The predicted molar refractivity (Wildman–Crippen MR) is 62.1 cm³/mol. The lowest BCUT2D eigenvalue weighted by atomic mass is 10.0. The Morgan fingerprint density at radius 3 is 2.81 bits per heavy atom. The summed E-state index contributed by atoms with van der Waals surface area (Å²) < 4.78 is 0.